The second-order valence-electron chi connectivity index (χ2n) is 3.09. The maximum absolute atomic E-state index is 11.4. The van der Waals surface area contributed by atoms with Crippen LogP contribution < -0.4 is 5.56 Å². The number of para-hydroxylation sites is 1. The Bertz CT molecular complexity index is 683. The fourth-order valence-electron chi connectivity index (χ4n) is 1.52. The smallest absolute Gasteiger partial charge is 0.272 e. The summed E-state index contributed by atoms with van der Waals surface area (Å²) < 4.78 is 23.8. The van der Waals surface area contributed by atoms with Crippen molar-refractivity contribution in [2.75, 3.05) is 0 Å². The Balaban J connectivity index is 3.07. The molecular weight excluding hydrogens is 240 g/mol. The molecule has 0 fully saturated rings. The predicted octanol–water partition coefficient (Wildman–Crippen LogP) is 0.794. The van der Waals surface area contributed by atoms with Crippen LogP contribution in [0.1, 0.15) is 0 Å². The highest BCUT2D eigenvalue weighted by Crippen LogP contribution is 2.22. The molecule has 1 heterocycles. The molecule has 0 aliphatic carbocycles. The van der Waals surface area contributed by atoms with Gasteiger partial charge in [-0.05, 0) is 12.1 Å². The summed E-state index contributed by atoms with van der Waals surface area (Å²) in [7, 11) is 2.97. The first-order chi connectivity index (χ1) is 6.91. The van der Waals surface area contributed by atoms with Gasteiger partial charge in [0.2, 0.25) is 0 Å². The van der Waals surface area contributed by atoms with E-state index in [0.717, 1.165) is 0 Å². The van der Waals surface area contributed by atoms with Crippen molar-refractivity contribution < 1.29 is 8.42 Å². The van der Waals surface area contributed by atoms with Crippen molar-refractivity contribution in [2.45, 2.75) is 4.90 Å². The number of aromatic nitrogens is 2. The molecule has 0 saturated carbocycles. The third kappa shape index (κ3) is 1.55. The van der Waals surface area contributed by atoms with Gasteiger partial charge >= 0.3 is 0 Å². The number of aryl methyl sites for hydroxylation is 1. The summed E-state index contributed by atoms with van der Waals surface area (Å²) in [4.78, 5) is 11.3. The molecule has 0 aliphatic heterocycles. The number of hydrogen-bond donors (Lipinski definition) is 1. The molecule has 0 aliphatic rings. The molecule has 1 N–H and O–H groups in total. The molecule has 0 amide bonds. The number of H-pyrrole nitrogens is 1. The lowest BCUT2D eigenvalue weighted by Crippen LogP contribution is -2.01. The minimum absolute atomic E-state index is 0.0671. The average molecular weight is 247 g/mol. The van der Waals surface area contributed by atoms with E-state index in [1.165, 1.54) is 16.8 Å². The van der Waals surface area contributed by atoms with Gasteiger partial charge in [0.05, 0.1) is 10.9 Å². The quantitative estimate of drug-likeness (QED) is 0.757. The molecular formula is C8H7ClN2O3S. The minimum Gasteiger partial charge on any atom is -0.286 e. The molecule has 15 heavy (non-hydrogen) atoms. The Hall–Kier alpha value is -1.27. The van der Waals surface area contributed by atoms with Gasteiger partial charge in [0.25, 0.3) is 14.6 Å². The standard InChI is InChI=1S/C8H7ClN2O3S/c1-11-7-5(8(12)10-11)3-2-4-6(7)15(9,13)14/h2-4H,1H3,(H,10,12). The first-order valence-electron chi connectivity index (χ1n) is 4.03. The fraction of sp³-hybridized carbons (Fsp3) is 0.125. The van der Waals surface area contributed by atoms with Crippen LogP contribution in [0, 0.1) is 0 Å². The minimum atomic E-state index is -3.85. The van der Waals surface area contributed by atoms with Gasteiger partial charge < -0.3 is 0 Å². The summed E-state index contributed by atoms with van der Waals surface area (Å²) in [5.41, 5.74) is -0.0489. The largest absolute Gasteiger partial charge is 0.286 e. The van der Waals surface area contributed by atoms with Gasteiger partial charge in [-0.15, -0.1) is 0 Å². The Labute approximate surface area is 89.7 Å². The van der Waals surface area contributed by atoms with Crippen molar-refractivity contribution in [2.24, 2.45) is 7.05 Å². The van der Waals surface area contributed by atoms with Crippen molar-refractivity contribution in [3.8, 4) is 0 Å². The number of nitrogens with zero attached hydrogens (tertiary/aromatic N) is 1. The maximum atomic E-state index is 11.4. The van der Waals surface area contributed by atoms with E-state index in [2.05, 4.69) is 5.10 Å². The van der Waals surface area contributed by atoms with Gasteiger partial charge in [-0.25, -0.2) is 8.42 Å². The third-order valence-electron chi connectivity index (χ3n) is 2.11. The van der Waals surface area contributed by atoms with Crippen LogP contribution in [0.3, 0.4) is 0 Å². The molecule has 2 aromatic rings. The predicted molar refractivity (Wildman–Crippen MR) is 56.6 cm³/mol. The summed E-state index contributed by atoms with van der Waals surface area (Å²) in [5, 5.41) is 2.77. The SMILES string of the molecule is Cn1[nH]c(=O)c2cccc(S(=O)(=O)Cl)c21. The summed E-state index contributed by atoms with van der Waals surface area (Å²) >= 11 is 0. The number of rotatable bonds is 1. The lowest BCUT2D eigenvalue weighted by Gasteiger charge is -2.00. The Morgan fingerprint density at radius 2 is 2.07 bits per heavy atom. The van der Waals surface area contributed by atoms with Crippen molar-refractivity contribution in [1.29, 1.82) is 0 Å². The van der Waals surface area contributed by atoms with E-state index < -0.39 is 9.05 Å². The zero-order valence-electron chi connectivity index (χ0n) is 7.69. The summed E-state index contributed by atoms with van der Waals surface area (Å²) in [5.74, 6) is 0. The maximum Gasteiger partial charge on any atom is 0.272 e. The molecule has 0 radical (unpaired) electrons. The number of hydrogen-bond acceptors (Lipinski definition) is 3. The zero-order chi connectivity index (χ0) is 11.2. The van der Waals surface area contributed by atoms with Gasteiger partial charge in [-0.2, -0.15) is 0 Å². The highest BCUT2D eigenvalue weighted by molar-refractivity contribution is 8.14. The van der Waals surface area contributed by atoms with E-state index in [-0.39, 0.29) is 16.0 Å². The molecule has 2 rings (SSSR count). The summed E-state index contributed by atoms with van der Waals surface area (Å²) in [6.07, 6.45) is 0. The molecule has 80 valence electrons. The molecule has 0 spiro atoms. The van der Waals surface area contributed by atoms with Gasteiger partial charge in [-0.3, -0.25) is 14.6 Å². The van der Waals surface area contributed by atoms with E-state index in [1.54, 1.807) is 13.1 Å². The van der Waals surface area contributed by atoms with Crippen molar-refractivity contribution in [3.05, 3.63) is 28.6 Å². The number of halogens is 1. The molecule has 0 unspecified atom stereocenters. The van der Waals surface area contributed by atoms with Crippen LogP contribution in [-0.2, 0) is 16.1 Å². The monoisotopic (exact) mass is 246 g/mol. The van der Waals surface area contributed by atoms with E-state index in [0.29, 0.717) is 5.39 Å². The third-order valence-corrected chi connectivity index (χ3v) is 3.46. The number of fused-ring (bicyclic) bond motifs is 1. The second kappa shape index (κ2) is 3.11. The van der Waals surface area contributed by atoms with E-state index in [4.69, 9.17) is 10.7 Å². The van der Waals surface area contributed by atoms with E-state index >= 15 is 0 Å². The molecule has 0 saturated heterocycles. The van der Waals surface area contributed by atoms with Crippen LogP contribution in [0.15, 0.2) is 27.9 Å². The summed E-state index contributed by atoms with van der Waals surface area (Å²) in [6.45, 7) is 0. The van der Waals surface area contributed by atoms with Crippen LogP contribution in [0.2, 0.25) is 0 Å². The van der Waals surface area contributed by atoms with Crippen molar-refractivity contribution in [1.82, 2.24) is 9.78 Å². The molecule has 0 atom stereocenters. The van der Waals surface area contributed by atoms with Crippen molar-refractivity contribution >= 4 is 30.6 Å². The molecule has 0 bridgehead atoms. The van der Waals surface area contributed by atoms with Gasteiger partial charge in [-0.1, -0.05) is 6.07 Å². The molecule has 5 nitrogen and oxygen atoms in total. The Kier molecular flexibility index (Phi) is 2.13. The first kappa shape index (κ1) is 10.3. The lowest BCUT2D eigenvalue weighted by molar-refractivity contribution is 0.609. The van der Waals surface area contributed by atoms with Crippen LogP contribution in [-0.4, -0.2) is 18.2 Å². The van der Waals surface area contributed by atoms with Gasteiger partial charge in [0.15, 0.2) is 0 Å². The molecule has 1 aromatic heterocycles. The Morgan fingerprint density at radius 1 is 1.40 bits per heavy atom. The number of nitrogens with one attached hydrogen (secondary N) is 1. The van der Waals surface area contributed by atoms with E-state index in [9.17, 15) is 13.2 Å². The Morgan fingerprint density at radius 3 is 2.67 bits per heavy atom. The normalized spacial score (nSPS) is 12.1. The van der Waals surface area contributed by atoms with Crippen LogP contribution in [0.5, 0.6) is 0 Å². The summed E-state index contributed by atoms with van der Waals surface area (Å²) in [6, 6.07) is 4.38. The highest BCUT2D eigenvalue weighted by atomic mass is 35.7. The topological polar surface area (TPSA) is 71.9 Å². The number of aromatic amines is 1. The average Bonchev–Trinajstić information content (AvgIpc) is 2.41. The lowest BCUT2D eigenvalue weighted by atomic mass is 10.2. The van der Waals surface area contributed by atoms with Crippen LogP contribution >= 0.6 is 10.7 Å². The zero-order valence-corrected chi connectivity index (χ0v) is 9.26. The van der Waals surface area contributed by atoms with E-state index in [1.807, 2.05) is 0 Å². The number of benzene rings is 1. The van der Waals surface area contributed by atoms with Gasteiger partial charge in [0, 0.05) is 17.7 Å². The first-order valence-corrected chi connectivity index (χ1v) is 6.34. The van der Waals surface area contributed by atoms with Crippen LogP contribution in [0.25, 0.3) is 10.9 Å². The molecule has 1 aromatic carbocycles. The molecule has 7 heteroatoms. The van der Waals surface area contributed by atoms with Crippen LogP contribution in [0.4, 0.5) is 0 Å². The highest BCUT2D eigenvalue weighted by Gasteiger charge is 2.17. The van der Waals surface area contributed by atoms with Crippen molar-refractivity contribution in [3.63, 3.8) is 0 Å². The van der Waals surface area contributed by atoms with Gasteiger partial charge in [0.1, 0.15) is 4.90 Å². The fourth-order valence-corrected chi connectivity index (χ4v) is 2.61. The second-order valence-corrected chi connectivity index (χ2v) is 5.62.